The fraction of sp³-hybridized carbons (Fsp3) is 1.00. The molecule has 0 aliphatic carbocycles. The van der Waals surface area contributed by atoms with Gasteiger partial charge in [0.15, 0.2) is 0 Å². The second kappa shape index (κ2) is 6.26. The molecule has 0 amide bonds. The highest BCUT2D eigenvalue weighted by molar-refractivity contribution is 6.20. The van der Waals surface area contributed by atoms with Gasteiger partial charge in [0, 0.05) is 19.0 Å². The van der Waals surface area contributed by atoms with Gasteiger partial charge in [0.1, 0.15) is 0 Å². The van der Waals surface area contributed by atoms with Gasteiger partial charge in [-0.1, -0.05) is 6.92 Å². The Kier molecular flexibility index (Phi) is 6.60. The van der Waals surface area contributed by atoms with Crippen LogP contribution >= 0.6 is 23.4 Å². The lowest BCUT2D eigenvalue weighted by molar-refractivity contribution is 0.505. The lowest BCUT2D eigenvalue weighted by atomic mass is 10.2. The van der Waals surface area contributed by atoms with Gasteiger partial charge in [-0.2, -0.15) is 0 Å². The molecule has 0 saturated carbocycles. The largest absolute Gasteiger partial charge is 0.223 e. The number of halogens is 2. The Balaban J connectivity index is 3.03. The molecule has 10 heavy (non-hydrogen) atoms. The fourth-order valence-corrected chi connectivity index (χ4v) is 1.01. The van der Waals surface area contributed by atoms with Gasteiger partial charge in [-0.3, -0.25) is 0 Å². The first-order valence-electron chi connectivity index (χ1n) is 3.67. The van der Waals surface area contributed by atoms with Crippen LogP contribution < -0.4 is 0 Å². The van der Waals surface area contributed by atoms with Crippen molar-refractivity contribution in [2.75, 3.05) is 13.6 Å². The van der Waals surface area contributed by atoms with Crippen LogP contribution in [0.2, 0.25) is 0 Å². The average Bonchev–Trinajstić information content (AvgIpc) is 1.87. The molecule has 0 aromatic rings. The zero-order chi connectivity index (χ0) is 7.98. The van der Waals surface area contributed by atoms with Crippen LogP contribution in [-0.4, -0.2) is 23.4 Å². The van der Waals surface area contributed by atoms with Crippen molar-refractivity contribution in [1.82, 2.24) is 4.42 Å². The Bertz CT molecular complexity index is 76.0. The van der Waals surface area contributed by atoms with Crippen LogP contribution in [0.4, 0.5) is 0 Å². The topological polar surface area (TPSA) is 3.24 Å². The lowest BCUT2D eigenvalue weighted by Crippen LogP contribution is -2.08. The zero-order valence-corrected chi connectivity index (χ0v) is 8.12. The van der Waals surface area contributed by atoms with E-state index in [1.54, 1.807) is 4.42 Å². The van der Waals surface area contributed by atoms with E-state index in [0.29, 0.717) is 5.38 Å². The molecular weight excluding hydrogens is 169 g/mol. The molecule has 0 bridgehead atoms. The summed E-state index contributed by atoms with van der Waals surface area (Å²) in [6.45, 7) is 3.02. The molecule has 0 radical (unpaired) electrons. The van der Waals surface area contributed by atoms with Gasteiger partial charge in [-0.05, 0) is 31.0 Å². The molecule has 0 fully saturated rings. The Morgan fingerprint density at radius 3 is 2.50 bits per heavy atom. The molecule has 0 rings (SSSR count). The smallest absolute Gasteiger partial charge is 0.0333 e. The van der Waals surface area contributed by atoms with Crippen molar-refractivity contribution in [3.63, 3.8) is 0 Å². The van der Waals surface area contributed by atoms with Gasteiger partial charge in [-0.25, -0.2) is 4.42 Å². The summed E-state index contributed by atoms with van der Waals surface area (Å²) in [4.78, 5) is 0. The van der Waals surface area contributed by atoms with E-state index in [2.05, 4.69) is 6.92 Å². The predicted molar refractivity (Wildman–Crippen MR) is 47.6 cm³/mol. The maximum absolute atomic E-state index is 5.89. The number of hydrogen-bond donors (Lipinski definition) is 0. The second-order valence-electron chi connectivity index (χ2n) is 2.48. The highest BCUT2D eigenvalue weighted by atomic mass is 35.5. The Labute approximate surface area is 73.4 Å². The van der Waals surface area contributed by atoms with Crippen LogP contribution in [0.15, 0.2) is 0 Å². The predicted octanol–water partition coefficient (Wildman–Crippen LogP) is 2.87. The summed E-state index contributed by atoms with van der Waals surface area (Å²) in [5, 5.41) is 0.330. The molecule has 1 nitrogen and oxygen atoms in total. The molecule has 0 spiro atoms. The third-order valence-corrected chi connectivity index (χ3v) is 2.12. The Morgan fingerprint density at radius 1 is 1.50 bits per heavy atom. The van der Waals surface area contributed by atoms with Gasteiger partial charge in [0.2, 0.25) is 0 Å². The normalized spacial score (nSPS) is 14.1. The summed E-state index contributed by atoms with van der Waals surface area (Å²) in [6, 6.07) is 0. The van der Waals surface area contributed by atoms with E-state index >= 15 is 0 Å². The molecule has 0 aromatic heterocycles. The first-order valence-corrected chi connectivity index (χ1v) is 4.45. The summed E-state index contributed by atoms with van der Waals surface area (Å²) < 4.78 is 1.67. The maximum Gasteiger partial charge on any atom is 0.0333 e. The minimum absolute atomic E-state index is 0.330. The summed E-state index contributed by atoms with van der Waals surface area (Å²) in [5.74, 6) is 0. The van der Waals surface area contributed by atoms with Crippen molar-refractivity contribution < 1.29 is 0 Å². The van der Waals surface area contributed by atoms with Crippen molar-refractivity contribution >= 4 is 23.4 Å². The molecule has 0 saturated heterocycles. The van der Waals surface area contributed by atoms with E-state index in [1.165, 1.54) is 0 Å². The van der Waals surface area contributed by atoms with Crippen LogP contribution in [0.1, 0.15) is 26.2 Å². The van der Waals surface area contributed by atoms with Crippen LogP contribution in [0.3, 0.4) is 0 Å². The first-order chi connectivity index (χ1) is 4.66. The average molecular weight is 184 g/mol. The fourth-order valence-electron chi connectivity index (χ4n) is 0.735. The van der Waals surface area contributed by atoms with Crippen LogP contribution in [0.5, 0.6) is 0 Å². The van der Waals surface area contributed by atoms with Crippen LogP contribution in [0.25, 0.3) is 0 Å². The molecule has 1 unspecified atom stereocenters. The van der Waals surface area contributed by atoms with Gasteiger partial charge >= 0.3 is 0 Å². The molecule has 0 aliphatic rings. The van der Waals surface area contributed by atoms with E-state index in [1.807, 2.05) is 7.05 Å². The van der Waals surface area contributed by atoms with Crippen molar-refractivity contribution in [3.8, 4) is 0 Å². The SMILES string of the molecule is CCC(Cl)CCCN(C)Cl. The van der Waals surface area contributed by atoms with E-state index in [0.717, 1.165) is 25.8 Å². The summed E-state index contributed by atoms with van der Waals surface area (Å²) >= 11 is 11.5. The third-order valence-electron chi connectivity index (χ3n) is 1.43. The number of hydrogen-bond acceptors (Lipinski definition) is 1. The van der Waals surface area contributed by atoms with E-state index < -0.39 is 0 Å². The van der Waals surface area contributed by atoms with Gasteiger partial charge in [0.05, 0.1) is 0 Å². The lowest BCUT2D eigenvalue weighted by Gasteiger charge is -2.08. The first kappa shape index (κ1) is 10.5. The third kappa shape index (κ3) is 6.66. The van der Waals surface area contributed by atoms with Gasteiger partial charge in [-0.15, -0.1) is 11.6 Å². The van der Waals surface area contributed by atoms with Crippen molar-refractivity contribution in [2.45, 2.75) is 31.6 Å². The van der Waals surface area contributed by atoms with Crippen LogP contribution in [0, 0.1) is 0 Å². The number of rotatable bonds is 5. The summed E-state index contributed by atoms with van der Waals surface area (Å²) in [7, 11) is 1.86. The molecule has 62 valence electrons. The van der Waals surface area contributed by atoms with Crippen LogP contribution in [-0.2, 0) is 0 Å². The quantitative estimate of drug-likeness (QED) is 0.469. The molecule has 0 heterocycles. The number of nitrogens with zero attached hydrogens (tertiary/aromatic N) is 1. The highest BCUT2D eigenvalue weighted by Gasteiger charge is 2.00. The van der Waals surface area contributed by atoms with Gasteiger partial charge < -0.3 is 0 Å². The molecular formula is C7H15Cl2N. The van der Waals surface area contributed by atoms with Crippen molar-refractivity contribution in [1.29, 1.82) is 0 Å². The highest BCUT2D eigenvalue weighted by Crippen LogP contribution is 2.09. The van der Waals surface area contributed by atoms with E-state index in [9.17, 15) is 0 Å². The summed E-state index contributed by atoms with van der Waals surface area (Å²) in [6.07, 6.45) is 3.20. The maximum atomic E-state index is 5.89. The second-order valence-corrected chi connectivity index (χ2v) is 3.67. The standard InChI is InChI=1S/C7H15Cl2N/c1-3-7(8)5-4-6-10(2)9/h7H,3-6H2,1-2H3. The number of alkyl halides is 1. The summed E-state index contributed by atoms with van der Waals surface area (Å²) in [5.41, 5.74) is 0. The molecule has 0 aromatic carbocycles. The molecule has 0 N–H and O–H groups in total. The van der Waals surface area contributed by atoms with E-state index in [4.69, 9.17) is 23.4 Å². The molecule has 3 heteroatoms. The molecule has 0 aliphatic heterocycles. The minimum atomic E-state index is 0.330. The van der Waals surface area contributed by atoms with Crippen molar-refractivity contribution in [3.05, 3.63) is 0 Å². The minimum Gasteiger partial charge on any atom is -0.223 e. The zero-order valence-electron chi connectivity index (χ0n) is 6.61. The van der Waals surface area contributed by atoms with Gasteiger partial charge in [0.25, 0.3) is 0 Å². The van der Waals surface area contributed by atoms with Crippen molar-refractivity contribution in [2.24, 2.45) is 0 Å². The monoisotopic (exact) mass is 183 g/mol. The molecule has 1 atom stereocenters. The Morgan fingerprint density at radius 2 is 2.10 bits per heavy atom. The Hall–Kier alpha value is 0.540. The van der Waals surface area contributed by atoms with E-state index in [-0.39, 0.29) is 0 Å².